The number of aromatic nitrogens is 1. The van der Waals surface area contributed by atoms with Gasteiger partial charge in [-0.05, 0) is 70.9 Å². The van der Waals surface area contributed by atoms with Gasteiger partial charge in [0.1, 0.15) is 12.4 Å². The number of ether oxygens (including phenoxy) is 1. The zero-order valence-corrected chi connectivity index (χ0v) is 25.0. The standard InChI is InChI=1S/C34H24Cl2N4O2S/c35-27-12-15-29(16-13-27)38-34-39-31(21-43-34)23-8-10-24(11-9-23)33(41)40-37-19-26-18-28(36)14-17-32(26)42-20-25-6-3-5-22-4-1-2-7-30(22)25/h1-19,21H,20H2,(H,38,39)(H,40,41)/b37-19-. The van der Waals surface area contributed by atoms with Crippen molar-refractivity contribution in [2.75, 3.05) is 5.32 Å². The number of carbonyl (C=O) groups excluding carboxylic acids is 1. The molecule has 0 saturated heterocycles. The molecule has 212 valence electrons. The van der Waals surface area contributed by atoms with E-state index in [1.807, 2.05) is 66.0 Å². The Morgan fingerprint density at radius 3 is 2.49 bits per heavy atom. The first kappa shape index (κ1) is 28.4. The molecule has 0 fully saturated rings. The van der Waals surface area contributed by atoms with Gasteiger partial charge < -0.3 is 10.1 Å². The fourth-order valence-electron chi connectivity index (χ4n) is 4.46. The minimum Gasteiger partial charge on any atom is -0.488 e. The summed E-state index contributed by atoms with van der Waals surface area (Å²) in [5, 5.41) is 13.7. The smallest absolute Gasteiger partial charge is 0.271 e. The highest BCUT2D eigenvalue weighted by atomic mass is 35.5. The summed E-state index contributed by atoms with van der Waals surface area (Å²) < 4.78 is 6.15. The summed E-state index contributed by atoms with van der Waals surface area (Å²) in [5.41, 5.74) is 7.38. The first-order valence-electron chi connectivity index (χ1n) is 13.3. The molecule has 2 N–H and O–H groups in total. The van der Waals surface area contributed by atoms with Gasteiger partial charge in [0, 0.05) is 37.8 Å². The molecule has 6 nitrogen and oxygen atoms in total. The van der Waals surface area contributed by atoms with Crippen LogP contribution in [0, 0.1) is 0 Å². The van der Waals surface area contributed by atoms with E-state index in [0.29, 0.717) is 33.5 Å². The van der Waals surface area contributed by atoms with E-state index in [2.05, 4.69) is 39.0 Å². The molecule has 0 aliphatic heterocycles. The van der Waals surface area contributed by atoms with E-state index in [1.54, 1.807) is 30.3 Å². The molecule has 6 aromatic rings. The number of hydrogen-bond donors (Lipinski definition) is 2. The van der Waals surface area contributed by atoms with Crippen molar-refractivity contribution in [3.8, 4) is 17.0 Å². The number of hydrogen-bond acceptors (Lipinski definition) is 6. The van der Waals surface area contributed by atoms with Crippen LogP contribution >= 0.6 is 34.5 Å². The summed E-state index contributed by atoms with van der Waals surface area (Å²) in [7, 11) is 0. The number of halogens is 2. The molecule has 0 aliphatic rings. The Hall–Kier alpha value is -4.69. The van der Waals surface area contributed by atoms with Crippen molar-refractivity contribution >= 4 is 68.3 Å². The van der Waals surface area contributed by atoms with Crippen LogP contribution < -0.4 is 15.5 Å². The van der Waals surface area contributed by atoms with E-state index in [1.165, 1.54) is 17.6 Å². The highest BCUT2D eigenvalue weighted by molar-refractivity contribution is 7.14. The van der Waals surface area contributed by atoms with E-state index in [0.717, 1.165) is 38.4 Å². The van der Waals surface area contributed by atoms with Crippen LogP contribution in [0.1, 0.15) is 21.5 Å². The topological polar surface area (TPSA) is 75.6 Å². The number of fused-ring (bicyclic) bond motifs is 1. The second kappa shape index (κ2) is 13.1. The Kier molecular flexibility index (Phi) is 8.65. The third-order valence-electron chi connectivity index (χ3n) is 6.65. The summed E-state index contributed by atoms with van der Waals surface area (Å²) in [6, 6.07) is 34.2. The Balaban J connectivity index is 1.08. The Labute approximate surface area is 262 Å². The van der Waals surface area contributed by atoms with Gasteiger partial charge in [-0.2, -0.15) is 5.10 Å². The van der Waals surface area contributed by atoms with Gasteiger partial charge in [-0.25, -0.2) is 10.4 Å². The molecule has 0 radical (unpaired) electrons. The van der Waals surface area contributed by atoms with E-state index in [9.17, 15) is 4.79 Å². The number of carbonyl (C=O) groups is 1. The van der Waals surface area contributed by atoms with Crippen LogP contribution in [0.2, 0.25) is 10.0 Å². The lowest BCUT2D eigenvalue weighted by atomic mass is 10.1. The molecule has 43 heavy (non-hydrogen) atoms. The Bertz CT molecular complexity index is 1920. The van der Waals surface area contributed by atoms with Crippen molar-refractivity contribution < 1.29 is 9.53 Å². The summed E-state index contributed by atoms with van der Waals surface area (Å²) in [5.74, 6) is 0.263. The van der Waals surface area contributed by atoms with Gasteiger partial charge in [-0.15, -0.1) is 11.3 Å². The highest BCUT2D eigenvalue weighted by Gasteiger charge is 2.10. The zero-order chi connectivity index (χ0) is 29.6. The minimum atomic E-state index is -0.341. The van der Waals surface area contributed by atoms with Gasteiger partial charge in [0.25, 0.3) is 5.91 Å². The predicted molar refractivity (Wildman–Crippen MR) is 177 cm³/mol. The van der Waals surface area contributed by atoms with Gasteiger partial charge in [0.05, 0.1) is 11.9 Å². The summed E-state index contributed by atoms with van der Waals surface area (Å²) in [6.07, 6.45) is 1.53. The number of nitrogens with one attached hydrogen (secondary N) is 2. The number of thiazole rings is 1. The van der Waals surface area contributed by atoms with Crippen molar-refractivity contribution in [2.45, 2.75) is 6.61 Å². The average molecular weight is 624 g/mol. The van der Waals surface area contributed by atoms with Crippen LogP contribution in [0.25, 0.3) is 22.0 Å². The number of amides is 1. The van der Waals surface area contributed by atoms with Crippen LogP contribution in [0.3, 0.4) is 0 Å². The summed E-state index contributed by atoms with van der Waals surface area (Å²) >= 11 is 13.7. The molecule has 0 unspecified atom stereocenters. The lowest BCUT2D eigenvalue weighted by molar-refractivity contribution is 0.0955. The number of hydrazone groups is 1. The van der Waals surface area contributed by atoms with Crippen LogP contribution in [-0.2, 0) is 6.61 Å². The Morgan fingerprint density at radius 1 is 0.884 bits per heavy atom. The molecule has 1 aromatic heterocycles. The number of anilines is 2. The molecule has 0 aliphatic carbocycles. The fourth-order valence-corrected chi connectivity index (χ4v) is 5.51. The summed E-state index contributed by atoms with van der Waals surface area (Å²) in [4.78, 5) is 17.4. The molecule has 0 atom stereocenters. The quantitative estimate of drug-likeness (QED) is 0.124. The van der Waals surface area contributed by atoms with Gasteiger partial charge in [0.15, 0.2) is 5.13 Å². The largest absolute Gasteiger partial charge is 0.488 e. The first-order chi connectivity index (χ1) is 21.0. The molecular weight excluding hydrogens is 599 g/mol. The van der Waals surface area contributed by atoms with E-state index < -0.39 is 0 Å². The molecule has 1 amide bonds. The average Bonchev–Trinajstić information content (AvgIpc) is 3.50. The lowest BCUT2D eigenvalue weighted by Gasteiger charge is -2.11. The van der Waals surface area contributed by atoms with Gasteiger partial charge in [-0.3, -0.25) is 4.79 Å². The predicted octanol–water partition coefficient (Wildman–Crippen LogP) is 9.36. The maximum Gasteiger partial charge on any atom is 0.271 e. The van der Waals surface area contributed by atoms with E-state index >= 15 is 0 Å². The second-order valence-electron chi connectivity index (χ2n) is 9.56. The second-order valence-corrected chi connectivity index (χ2v) is 11.3. The van der Waals surface area contributed by atoms with E-state index in [4.69, 9.17) is 27.9 Å². The van der Waals surface area contributed by atoms with Crippen molar-refractivity contribution in [3.63, 3.8) is 0 Å². The van der Waals surface area contributed by atoms with Gasteiger partial charge in [-0.1, -0.05) is 77.8 Å². The monoisotopic (exact) mass is 622 g/mol. The SMILES string of the molecule is O=C(N/N=C\c1cc(Cl)ccc1OCc1cccc2ccccc12)c1ccc(-c2csc(Nc3ccc(Cl)cc3)n2)cc1. The zero-order valence-electron chi connectivity index (χ0n) is 22.6. The summed E-state index contributed by atoms with van der Waals surface area (Å²) in [6.45, 7) is 0.375. The maximum atomic E-state index is 12.8. The van der Waals surface area contributed by atoms with Crippen LogP contribution in [0.5, 0.6) is 5.75 Å². The number of benzene rings is 5. The van der Waals surface area contributed by atoms with Crippen LogP contribution in [-0.4, -0.2) is 17.1 Å². The molecule has 9 heteroatoms. The Morgan fingerprint density at radius 2 is 1.65 bits per heavy atom. The van der Waals surface area contributed by atoms with Crippen molar-refractivity contribution in [2.24, 2.45) is 5.10 Å². The number of rotatable bonds is 9. The number of nitrogens with zero attached hydrogens (tertiary/aromatic N) is 2. The molecule has 5 aromatic carbocycles. The molecule has 0 bridgehead atoms. The third-order valence-corrected chi connectivity index (χ3v) is 7.89. The van der Waals surface area contributed by atoms with Crippen molar-refractivity contribution in [3.05, 3.63) is 141 Å². The fraction of sp³-hybridized carbons (Fsp3) is 0.0294. The normalized spacial score (nSPS) is 11.1. The van der Waals surface area contributed by atoms with Gasteiger partial charge in [0.2, 0.25) is 0 Å². The van der Waals surface area contributed by atoms with Crippen molar-refractivity contribution in [1.29, 1.82) is 0 Å². The molecule has 1 heterocycles. The minimum absolute atomic E-state index is 0.341. The van der Waals surface area contributed by atoms with Crippen LogP contribution in [0.4, 0.5) is 10.8 Å². The van der Waals surface area contributed by atoms with Crippen LogP contribution in [0.15, 0.2) is 120 Å². The highest BCUT2D eigenvalue weighted by Crippen LogP contribution is 2.28. The molecule has 6 rings (SSSR count). The van der Waals surface area contributed by atoms with Crippen molar-refractivity contribution in [1.82, 2.24) is 10.4 Å². The van der Waals surface area contributed by atoms with E-state index in [-0.39, 0.29) is 5.91 Å². The lowest BCUT2D eigenvalue weighted by Crippen LogP contribution is -2.17. The first-order valence-corrected chi connectivity index (χ1v) is 15.0. The van der Waals surface area contributed by atoms with Gasteiger partial charge >= 0.3 is 0 Å². The molecule has 0 saturated carbocycles. The maximum absolute atomic E-state index is 12.8. The molecule has 0 spiro atoms. The third kappa shape index (κ3) is 7.04. The molecular formula is C34H24Cl2N4O2S.